The highest BCUT2D eigenvalue weighted by molar-refractivity contribution is 9.10. The maximum atomic E-state index is 5.18. The highest BCUT2D eigenvalue weighted by Gasteiger charge is 2.02. The monoisotopic (exact) mass is 317 g/mol. The van der Waals surface area contributed by atoms with Crippen molar-refractivity contribution in [1.29, 1.82) is 0 Å². The SMILES string of the molecule is S=c1[nH]c(-c2ccc3ncccc3c2)ncc1Br. The van der Waals surface area contributed by atoms with Crippen molar-refractivity contribution in [2.24, 2.45) is 0 Å². The second-order valence-electron chi connectivity index (χ2n) is 3.82. The molecule has 18 heavy (non-hydrogen) atoms. The topological polar surface area (TPSA) is 41.6 Å². The lowest BCUT2D eigenvalue weighted by Crippen LogP contribution is -1.90. The molecule has 2 heterocycles. The Bertz CT molecular complexity index is 782. The molecular weight excluding hydrogens is 310 g/mol. The van der Waals surface area contributed by atoms with Crippen LogP contribution in [-0.2, 0) is 0 Å². The number of rotatable bonds is 1. The Hall–Kier alpha value is -1.59. The Labute approximate surface area is 117 Å². The van der Waals surface area contributed by atoms with Crippen LogP contribution in [0.2, 0.25) is 0 Å². The number of hydrogen-bond donors (Lipinski definition) is 1. The van der Waals surface area contributed by atoms with Crippen molar-refractivity contribution >= 4 is 39.1 Å². The van der Waals surface area contributed by atoms with Crippen LogP contribution in [0.25, 0.3) is 22.3 Å². The van der Waals surface area contributed by atoms with Crippen molar-refractivity contribution in [1.82, 2.24) is 15.0 Å². The zero-order valence-corrected chi connectivity index (χ0v) is 11.6. The van der Waals surface area contributed by atoms with E-state index in [0.717, 1.165) is 26.8 Å². The number of H-pyrrole nitrogens is 1. The van der Waals surface area contributed by atoms with Crippen molar-refractivity contribution in [3.63, 3.8) is 0 Å². The predicted octanol–water partition coefficient (Wildman–Crippen LogP) is 4.12. The Kier molecular flexibility index (Phi) is 2.93. The summed E-state index contributed by atoms with van der Waals surface area (Å²) in [7, 11) is 0. The first-order valence-corrected chi connectivity index (χ1v) is 6.54. The van der Waals surface area contributed by atoms with Gasteiger partial charge in [-0.15, -0.1) is 0 Å². The van der Waals surface area contributed by atoms with E-state index in [1.165, 1.54) is 0 Å². The first kappa shape index (κ1) is 11.5. The Morgan fingerprint density at radius 3 is 2.89 bits per heavy atom. The molecule has 1 N–H and O–H groups in total. The van der Waals surface area contributed by atoms with E-state index in [1.807, 2.05) is 30.3 Å². The van der Waals surface area contributed by atoms with Crippen LogP contribution in [0.15, 0.2) is 47.2 Å². The molecule has 0 fully saturated rings. The van der Waals surface area contributed by atoms with E-state index in [4.69, 9.17) is 12.2 Å². The molecule has 3 nitrogen and oxygen atoms in total. The van der Waals surface area contributed by atoms with Crippen LogP contribution in [0.3, 0.4) is 0 Å². The van der Waals surface area contributed by atoms with Gasteiger partial charge in [-0.1, -0.05) is 18.3 Å². The van der Waals surface area contributed by atoms with Gasteiger partial charge in [0.15, 0.2) is 0 Å². The maximum Gasteiger partial charge on any atom is 0.138 e. The van der Waals surface area contributed by atoms with Crippen LogP contribution in [0.4, 0.5) is 0 Å². The Morgan fingerprint density at radius 1 is 1.17 bits per heavy atom. The minimum atomic E-state index is 0.645. The minimum Gasteiger partial charge on any atom is -0.330 e. The molecule has 0 aliphatic rings. The first-order chi connectivity index (χ1) is 8.74. The molecule has 0 spiro atoms. The second-order valence-corrected chi connectivity index (χ2v) is 5.08. The third kappa shape index (κ3) is 2.07. The fraction of sp³-hybridized carbons (Fsp3) is 0. The van der Waals surface area contributed by atoms with Gasteiger partial charge in [-0.2, -0.15) is 0 Å². The van der Waals surface area contributed by atoms with E-state index < -0.39 is 0 Å². The van der Waals surface area contributed by atoms with Gasteiger partial charge in [-0.05, 0) is 40.2 Å². The largest absolute Gasteiger partial charge is 0.330 e. The van der Waals surface area contributed by atoms with Crippen LogP contribution in [0, 0.1) is 4.64 Å². The number of pyridine rings is 1. The summed E-state index contributed by atoms with van der Waals surface area (Å²) < 4.78 is 1.44. The average molecular weight is 318 g/mol. The van der Waals surface area contributed by atoms with Gasteiger partial charge in [-0.25, -0.2) is 4.98 Å². The van der Waals surface area contributed by atoms with Crippen LogP contribution >= 0.6 is 28.1 Å². The van der Waals surface area contributed by atoms with Crippen molar-refractivity contribution in [2.75, 3.05) is 0 Å². The molecule has 0 aliphatic heterocycles. The van der Waals surface area contributed by atoms with E-state index in [2.05, 4.69) is 30.9 Å². The average Bonchev–Trinajstić information content (AvgIpc) is 2.41. The number of nitrogens with one attached hydrogen (secondary N) is 1. The van der Waals surface area contributed by atoms with Gasteiger partial charge in [0.2, 0.25) is 0 Å². The lowest BCUT2D eigenvalue weighted by atomic mass is 10.1. The van der Waals surface area contributed by atoms with E-state index >= 15 is 0 Å². The van der Waals surface area contributed by atoms with Gasteiger partial charge < -0.3 is 4.98 Å². The molecule has 88 valence electrons. The van der Waals surface area contributed by atoms with E-state index in [9.17, 15) is 0 Å². The first-order valence-electron chi connectivity index (χ1n) is 5.34. The standard InChI is InChI=1S/C13H8BrN3S/c14-10-7-16-12(17-13(10)18)9-3-4-11-8(6-9)2-1-5-15-11/h1-7H,(H,16,17,18). The molecule has 0 radical (unpaired) electrons. The number of aromatic nitrogens is 3. The lowest BCUT2D eigenvalue weighted by molar-refractivity contribution is 1.14. The highest BCUT2D eigenvalue weighted by Crippen LogP contribution is 2.21. The summed E-state index contributed by atoms with van der Waals surface area (Å²) in [5.41, 5.74) is 1.96. The number of aromatic amines is 1. The molecule has 3 aromatic rings. The van der Waals surface area contributed by atoms with Crippen molar-refractivity contribution in [2.45, 2.75) is 0 Å². The fourth-order valence-electron chi connectivity index (χ4n) is 1.75. The van der Waals surface area contributed by atoms with E-state index in [1.54, 1.807) is 12.4 Å². The van der Waals surface area contributed by atoms with Crippen molar-refractivity contribution in [3.05, 3.63) is 51.8 Å². The molecular formula is C13H8BrN3S. The number of hydrogen-bond acceptors (Lipinski definition) is 3. The zero-order chi connectivity index (χ0) is 12.5. The highest BCUT2D eigenvalue weighted by atomic mass is 79.9. The van der Waals surface area contributed by atoms with E-state index in [-0.39, 0.29) is 0 Å². The molecule has 5 heteroatoms. The number of benzene rings is 1. The fourth-order valence-corrected chi connectivity index (χ4v) is 2.10. The molecule has 0 bridgehead atoms. The molecule has 0 aliphatic carbocycles. The zero-order valence-electron chi connectivity index (χ0n) is 9.22. The summed E-state index contributed by atoms with van der Waals surface area (Å²) in [6.07, 6.45) is 3.50. The quantitative estimate of drug-likeness (QED) is 0.686. The Morgan fingerprint density at radius 2 is 2.06 bits per heavy atom. The molecule has 3 rings (SSSR count). The van der Waals surface area contributed by atoms with Crippen LogP contribution in [0.1, 0.15) is 0 Å². The van der Waals surface area contributed by atoms with Crippen molar-refractivity contribution < 1.29 is 0 Å². The summed E-state index contributed by atoms with van der Waals surface area (Å²) in [6, 6.07) is 9.95. The third-order valence-electron chi connectivity index (χ3n) is 2.63. The van der Waals surface area contributed by atoms with Gasteiger partial charge in [-0.3, -0.25) is 4.98 Å². The maximum absolute atomic E-state index is 5.18. The molecule has 1 aromatic carbocycles. The van der Waals surface area contributed by atoms with Crippen LogP contribution < -0.4 is 0 Å². The summed E-state index contributed by atoms with van der Waals surface area (Å²) in [5.74, 6) is 0.758. The molecule has 2 aromatic heterocycles. The predicted molar refractivity (Wildman–Crippen MR) is 77.9 cm³/mol. The molecule has 0 saturated heterocycles. The minimum absolute atomic E-state index is 0.645. The van der Waals surface area contributed by atoms with Crippen LogP contribution in [-0.4, -0.2) is 15.0 Å². The van der Waals surface area contributed by atoms with Gasteiger partial charge in [0.05, 0.1) is 9.99 Å². The van der Waals surface area contributed by atoms with Gasteiger partial charge in [0.1, 0.15) is 10.5 Å². The van der Waals surface area contributed by atoms with Gasteiger partial charge in [0, 0.05) is 23.3 Å². The Balaban J connectivity index is 2.19. The van der Waals surface area contributed by atoms with Crippen LogP contribution in [0.5, 0.6) is 0 Å². The lowest BCUT2D eigenvalue weighted by Gasteiger charge is -2.03. The second kappa shape index (κ2) is 4.59. The summed E-state index contributed by atoms with van der Waals surface area (Å²) in [5, 5.41) is 1.08. The molecule has 0 amide bonds. The molecule has 0 saturated carbocycles. The molecule has 0 unspecified atom stereocenters. The third-order valence-corrected chi connectivity index (χ3v) is 3.82. The summed E-state index contributed by atoms with van der Waals surface area (Å²) in [4.78, 5) is 11.7. The number of fused-ring (bicyclic) bond motifs is 1. The molecule has 0 atom stereocenters. The van der Waals surface area contributed by atoms with E-state index in [0.29, 0.717) is 4.64 Å². The number of nitrogens with zero attached hydrogens (tertiary/aromatic N) is 2. The van der Waals surface area contributed by atoms with Gasteiger partial charge in [0.25, 0.3) is 0 Å². The van der Waals surface area contributed by atoms with Crippen molar-refractivity contribution in [3.8, 4) is 11.4 Å². The number of halogens is 1. The normalized spacial score (nSPS) is 10.7. The summed E-state index contributed by atoms with van der Waals surface area (Å²) >= 11 is 8.52. The summed E-state index contributed by atoms with van der Waals surface area (Å²) in [6.45, 7) is 0. The smallest absolute Gasteiger partial charge is 0.138 e. The van der Waals surface area contributed by atoms with Gasteiger partial charge >= 0.3 is 0 Å².